The molecule has 33 heavy (non-hydrogen) atoms. The number of nitrogens with one attached hydrogen (secondary N) is 1. The molecule has 9 heteroatoms. The molecule has 178 valence electrons. The van der Waals surface area contributed by atoms with E-state index in [1.54, 1.807) is 12.1 Å². The van der Waals surface area contributed by atoms with Crippen LogP contribution in [-0.2, 0) is 9.57 Å². The number of morpholine rings is 1. The van der Waals surface area contributed by atoms with E-state index in [1.807, 2.05) is 31.2 Å². The fourth-order valence-electron chi connectivity index (χ4n) is 3.40. The van der Waals surface area contributed by atoms with Crippen molar-refractivity contribution in [2.75, 3.05) is 66.1 Å². The number of benzene rings is 2. The zero-order valence-corrected chi connectivity index (χ0v) is 19.6. The molecule has 1 amide bonds. The molecule has 1 aliphatic heterocycles. The predicted octanol–water partition coefficient (Wildman–Crippen LogP) is 3.04. The Morgan fingerprint density at radius 1 is 1.00 bits per heavy atom. The van der Waals surface area contributed by atoms with Gasteiger partial charge in [0.2, 0.25) is 5.75 Å². The Labute approximate surface area is 194 Å². The van der Waals surface area contributed by atoms with Crippen LogP contribution in [0, 0.1) is 0 Å². The fourth-order valence-corrected chi connectivity index (χ4v) is 3.40. The first-order valence-corrected chi connectivity index (χ1v) is 10.7. The highest BCUT2D eigenvalue weighted by atomic mass is 16.6. The molecule has 2 aromatic rings. The second-order valence-corrected chi connectivity index (χ2v) is 7.41. The van der Waals surface area contributed by atoms with Gasteiger partial charge in [0.15, 0.2) is 11.5 Å². The van der Waals surface area contributed by atoms with Gasteiger partial charge in [0.25, 0.3) is 5.91 Å². The van der Waals surface area contributed by atoms with Gasteiger partial charge in [0, 0.05) is 30.9 Å². The summed E-state index contributed by atoms with van der Waals surface area (Å²) in [7, 11) is 4.53. The summed E-state index contributed by atoms with van der Waals surface area (Å²) in [6.45, 7) is 6.63. The van der Waals surface area contributed by atoms with Crippen LogP contribution in [0.3, 0.4) is 0 Å². The molecule has 1 aliphatic rings. The molecule has 1 heterocycles. The van der Waals surface area contributed by atoms with Crippen LogP contribution in [0.4, 0.5) is 5.69 Å². The van der Waals surface area contributed by atoms with Gasteiger partial charge in [-0.25, -0.2) is 0 Å². The maximum Gasteiger partial charge on any atom is 0.255 e. The summed E-state index contributed by atoms with van der Waals surface area (Å²) in [5.41, 5.74) is 2.71. The Kier molecular flexibility index (Phi) is 8.91. The zero-order chi connectivity index (χ0) is 23.6. The summed E-state index contributed by atoms with van der Waals surface area (Å²) in [6.07, 6.45) is 0. The second-order valence-electron chi connectivity index (χ2n) is 7.41. The fraction of sp³-hybridized carbons (Fsp3) is 0.417. The summed E-state index contributed by atoms with van der Waals surface area (Å²) in [5.74, 6) is 0.970. The summed E-state index contributed by atoms with van der Waals surface area (Å²) in [5, 5.41) is 7.08. The molecule has 0 spiro atoms. The van der Waals surface area contributed by atoms with E-state index in [9.17, 15) is 4.79 Å². The van der Waals surface area contributed by atoms with Crippen molar-refractivity contribution < 1.29 is 28.6 Å². The summed E-state index contributed by atoms with van der Waals surface area (Å²) in [6, 6.07) is 10.6. The molecule has 1 fully saturated rings. The Morgan fingerprint density at radius 3 is 2.21 bits per heavy atom. The summed E-state index contributed by atoms with van der Waals surface area (Å²) < 4.78 is 21.3. The summed E-state index contributed by atoms with van der Waals surface area (Å²) in [4.78, 5) is 20.5. The van der Waals surface area contributed by atoms with Gasteiger partial charge >= 0.3 is 0 Å². The molecule has 0 unspecified atom stereocenters. The average molecular weight is 458 g/mol. The lowest BCUT2D eigenvalue weighted by Crippen LogP contribution is -2.38. The van der Waals surface area contributed by atoms with Crippen LogP contribution in [0.25, 0.3) is 0 Å². The number of anilines is 1. The first kappa shape index (κ1) is 24.3. The Hall–Kier alpha value is -3.30. The molecular formula is C24H31N3O6. The van der Waals surface area contributed by atoms with E-state index >= 15 is 0 Å². The standard InChI is InChI=1S/C24H31N3O6/c1-17(26-33-14-11-27-9-12-32-13-10-27)18-5-7-20(8-6-18)25-24(28)19-15-21(29-2)23(31-4)22(16-19)30-3/h5-8,15-16H,9-14H2,1-4H3,(H,25,28)/b26-17-. The first-order chi connectivity index (χ1) is 16.0. The molecule has 0 saturated carbocycles. The van der Waals surface area contributed by atoms with E-state index in [0.29, 0.717) is 35.1 Å². The first-order valence-electron chi connectivity index (χ1n) is 10.7. The number of carbonyl (C=O) groups excluding carboxylic acids is 1. The van der Waals surface area contributed by atoms with Crippen molar-refractivity contribution in [1.82, 2.24) is 4.90 Å². The van der Waals surface area contributed by atoms with E-state index in [4.69, 9.17) is 23.8 Å². The van der Waals surface area contributed by atoms with Crippen LogP contribution in [0.1, 0.15) is 22.8 Å². The monoisotopic (exact) mass is 457 g/mol. The van der Waals surface area contributed by atoms with Crippen molar-refractivity contribution in [2.45, 2.75) is 6.92 Å². The van der Waals surface area contributed by atoms with Crippen LogP contribution < -0.4 is 19.5 Å². The number of ether oxygens (including phenoxy) is 4. The van der Waals surface area contributed by atoms with Gasteiger partial charge in [-0.15, -0.1) is 0 Å². The van der Waals surface area contributed by atoms with Crippen LogP contribution in [-0.4, -0.2) is 77.3 Å². The molecule has 0 aliphatic carbocycles. The average Bonchev–Trinajstić information content (AvgIpc) is 2.86. The number of nitrogens with zero attached hydrogens (tertiary/aromatic N) is 2. The SMILES string of the molecule is COc1cc(C(=O)Nc2ccc(/C(C)=N\OCCN3CCOCC3)cc2)cc(OC)c1OC. The minimum absolute atomic E-state index is 0.293. The highest BCUT2D eigenvalue weighted by molar-refractivity contribution is 6.05. The molecule has 0 radical (unpaired) electrons. The number of hydrogen-bond acceptors (Lipinski definition) is 8. The van der Waals surface area contributed by atoms with E-state index in [2.05, 4.69) is 15.4 Å². The van der Waals surface area contributed by atoms with Gasteiger partial charge in [-0.1, -0.05) is 17.3 Å². The van der Waals surface area contributed by atoms with Crippen molar-refractivity contribution >= 4 is 17.3 Å². The van der Waals surface area contributed by atoms with Crippen LogP contribution >= 0.6 is 0 Å². The second kappa shape index (κ2) is 12.1. The van der Waals surface area contributed by atoms with Crippen molar-refractivity contribution in [1.29, 1.82) is 0 Å². The summed E-state index contributed by atoms with van der Waals surface area (Å²) >= 11 is 0. The maximum atomic E-state index is 12.8. The molecule has 9 nitrogen and oxygen atoms in total. The zero-order valence-electron chi connectivity index (χ0n) is 19.6. The molecule has 2 aromatic carbocycles. The van der Waals surface area contributed by atoms with Gasteiger partial charge in [-0.2, -0.15) is 0 Å². The Morgan fingerprint density at radius 2 is 1.64 bits per heavy atom. The molecular weight excluding hydrogens is 426 g/mol. The maximum absolute atomic E-state index is 12.8. The van der Waals surface area contributed by atoms with Crippen LogP contribution in [0.15, 0.2) is 41.6 Å². The van der Waals surface area contributed by atoms with E-state index in [-0.39, 0.29) is 5.91 Å². The highest BCUT2D eigenvalue weighted by Crippen LogP contribution is 2.38. The van der Waals surface area contributed by atoms with Crippen molar-refractivity contribution in [2.24, 2.45) is 5.16 Å². The normalized spacial score (nSPS) is 14.5. The van der Waals surface area contributed by atoms with Gasteiger partial charge in [0.1, 0.15) is 6.61 Å². The van der Waals surface area contributed by atoms with Gasteiger partial charge < -0.3 is 29.1 Å². The number of amides is 1. The highest BCUT2D eigenvalue weighted by Gasteiger charge is 2.17. The number of hydrogen-bond donors (Lipinski definition) is 1. The van der Waals surface area contributed by atoms with E-state index < -0.39 is 0 Å². The largest absolute Gasteiger partial charge is 0.493 e. The number of carbonyl (C=O) groups is 1. The topological polar surface area (TPSA) is 90.9 Å². The third-order valence-electron chi connectivity index (χ3n) is 5.29. The van der Waals surface area contributed by atoms with Gasteiger partial charge in [-0.05, 0) is 36.8 Å². The number of rotatable bonds is 10. The molecule has 1 N–H and O–H groups in total. The van der Waals surface area contributed by atoms with Gasteiger partial charge in [-0.3, -0.25) is 9.69 Å². The lowest BCUT2D eigenvalue weighted by Gasteiger charge is -2.25. The van der Waals surface area contributed by atoms with Crippen LogP contribution in [0.5, 0.6) is 17.2 Å². The van der Waals surface area contributed by atoms with E-state index in [1.165, 1.54) is 21.3 Å². The minimum atomic E-state index is -0.293. The van der Waals surface area contributed by atoms with Crippen LogP contribution in [0.2, 0.25) is 0 Å². The Bertz CT molecular complexity index is 930. The predicted molar refractivity (Wildman–Crippen MR) is 126 cm³/mol. The third kappa shape index (κ3) is 6.59. The van der Waals surface area contributed by atoms with Gasteiger partial charge in [0.05, 0.1) is 40.3 Å². The van der Waals surface area contributed by atoms with E-state index in [0.717, 1.165) is 44.1 Å². The molecule has 3 rings (SSSR count). The molecule has 0 bridgehead atoms. The third-order valence-corrected chi connectivity index (χ3v) is 5.29. The van der Waals surface area contributed by atoms with Crippen molar-refractivity contribution in [3.63, 3.8) is 0 Å². The van der Waals surface area contributed by atoms with Crippen molar-refractivity contribution in [3.05, 3.63) is 47.5 Å². The molecule has 0 atom stereocenters. The molecule has 1 saturated heterocycles. The smallest absolute Gasteiger partial charge is 0.255 e. The Balaban J connectivity index is 1.58. The number of oxime groups is 1. The number of methoxy groups -OCH3 is 3. The lowest BCUT2D eigenvalue weighted by atomic mass is 10.1. The molecule has 0 aromatic heterocycles. The minimum Gasteiger partial charge on any atom is -0.493 e. The quantitative estimate of drug-likeness (QED) is 0.333. The van der Waals surface area contributed by atoms with Crippen molar-refractivity contribution in [3.8, 4) is 17.2 Å². The lowest BCUT2D eigenvalue weighted by molar-refractivity contribution is 0.0212.